The molecule has 1 atom stereocenters. The van der Waals surface area contributed by atoms with Gasteiger partial charge in [0, 0.05) is 17.3 Å². The van der Waals surface area contributed by atoms with Crippen LogP contribution >= 0.6 is 11.3 Å². The van der Waals surface area contributed by atoms with Crippen LogP contribution in [-0.4, -0.2) is 4.98 Å². The van der Waals surface area contributed by atoms with Crippen molar-refractivity contribution in [3.05, 3.63) is 16.1 Å². The zero-order valence-corrected chi connectivity index (χ0v) is 8.81. The lowest BCUT2D eigenvalue weighted by atomic mass is 9.86. The van der Waals surface area contributed by atoms with Crippen LogP contribution in [0.15, 0.2) is 5.38 Å². The zero-order valence-electron chi connectivity index (χ0n) is 7.99. The first-order valence-electron chi connectivity index (χ1n) is 5.02. The highest BCUT2D eigenvalue weighted by molar-refractivity contribution is 7.09. The van der Waals surface area contributed by atoms with Crippen LogP contribution in [-0.2, 0) is 0 Å². The molecule has 13 heavy (non-hydrogen) atoms. The summed E-state index contributed by atoms with van der Waals surface area (Å²) in [5, 5.41) is 3.44. The quantitative estimate of drug-likeness (QED) is 0.807. The molecule has 2 N–H and O–H groups in total. The van der Waals surface area contributed by atoms with Crippen molar-refractivity contribution in [2.45, 2.75) is 44.6 Å². The lowest BCUT2D eigenvalue weighted by Crippen LogP contribution is -2.11. The molecule has 0 amide bonds. The van der Waals surface area contributed by atoms with Crippen LogP contribution in [0.5, 0.6) is 0 Å². The maximum Gasteiger partial charge on any atom is 0.0959 e. The third-order valence-corrected chi connectivity index (χ3v) is 3.84. The number of aromatic nitrogens is 1. The molecule has 0 radical (unpaired) electrons. The van der Waals surface area contributed by atoms with Crippen LogP contribution in [0.1, 0.15) is 55.3 Å². The maximum absolute atomic E-state index is 5.91. The standard InChI is InChI=1S/C10H16N2S/c1-2-8(11)9-6-13-10(12-9)7-4-3-5-7/h6-8H,2-5,11H2,1H3. The second kappa shape index (κ2) is 3.76. The molecule has 2 rings (SSSR count). The molecule has 0 bridgehead atoms. The van der Waals surface area contributed by atoms with Gasteiger partial charge < -0.3 is 5.73 Å². The Morgan fingerprint density at radius 2 is 2.46 bits per heavy atom. The number of thiazole rings is 1. The topological polar surface area (TPSA) is 38.9 Å². The van der Waals surface area contributed by atoms with Crippen LogP contribution in [0.3, 0.4) is 0 Å². The van der Waals surface area contributed by atoms with Crippen LogP contribution in [0, 0.1) is 0 Å². The predicted octanol–water partition coefficient (Wildman–Crippen LogP) is 2.82. The van der Waals surface area contributed by atoms with E-state index < -0.39 is 0 Å². The van der Waals surface area contributed by atoms with Gasteiger partial charge in [0.05, 0.1) is 10.7 Å². The van der Waals surface area contributed by atoms with Gasteiger partial charge in [0.15, 0.2) is 0 Å². The van der Waals surface area contributed by atoms with Gasteiger partial charge in [-0.25, -0.2) is 4.98 Å². The second-order valence-corrected chi connectivity index (χ2v) is 4.64. The normalized spacial score (nSPS) is 19.8. The molecule has 1 fully saturated rings. The summed E-state index contributed by atoms with van der Waals surface area (Å²) in [5.41, 5.74) is 7.00. The number of nitrogens with zero attached hydrogens (tertiary/aromatic N) is 1. The van der Waals surface area contributed by atoms with E-state index in [2.05, 4.69) is 17.3 Å². The molecule has 0 aliphatic heterocycles. The van der Waals surface area contributed by atoms with Crippen molar-refractivity contribution < 1.29 is 0 Å². The van der Waals surface area contributed by atoms with Gasteiger partial charge in [-0.05, 0) is 19.3 Å². The summed E-state index contributed by atoms with van der Waals surface area (Å²) in [5.74, 6) is 0.753. The van der Waals surface area contributed by atoms with Crippen LogP contribution < -0.4 is 5.73 Å². The van der Waals surface area contributed by atoms with E-state index in [1.165, 1.54) is 24.3 Å². The average Bonchev–Trinajstić information content (AvgIpc) is 2.49. The third kappa shape index (κ3) is 1.76. The Morgan fingerprint density at radius 1 is 1.69 bits per heavy atom. The molecule has 1 aromatic rings. The molecular weight excluding hydrogens is 180 g/mol. The van der Waals surface area contributed by atoms with Gasteiger partial charge in [-0.1, -0.05) is 13.3 Å². The Kier molecular flexibility index (Phi) is 2.65. The van der Waals surface area contributed by atoms with Crippen molar-refractivity contribution >= 4 is 11.3 Å². The van der Waals surface area contributed by atoms with Crippen molar-refractivity contribution in [2.75, 3.05) is 0 Å². The summed E-state index contributed by atoms with van der Waals surface area (Å²) in [7, 11) is 0. The van der Waals surface area contributed by atoms with Crippen molar-refractivity contribution in [2.24, 2.45) is 5.73 Å². The molecule has 0 aromatic carbocycles. The lowest BCUT2D eigenvalue weighted by molar-refractivity contribution is 0.417. The molecule has 1 unspecified atom stereocenters. The summed E-state index contributed by atoms with van der Waals surface area (Å²) in [6.07, 6.45) is 5.01. The summed E-state index contributed by atoms with van der Waals surface area (Å²) in [6.45, 7) is 2.10. The first kappa shape index (κ1) is 9.16. The average molecular weight is 196 g/mol. The smallest absolute Gasteiger partial charge is 0.0959 e. The van der Waals surface area contributed by atoms with Crippen LogP contribution in [0.25, 0.3) is 0 Å². The van der Waals surface area contributed by atoms with Crippen molar-refractivity contribution in [1.29, 1.82) is 0 Å². The zero-order chi connectivity index (χ0) is 9.26. The van der Waals surface area contributed by atoms with E-state index >= 15 is 0 Å². The minimum atomic E-state index is 0.144. The highest BCUT2D eigenvalue weighted by atomic mass is 32.1. The fraction of sp³-hybridized carbons (Fsp3) is 0.700. The summed E-state index contributed by atoms with van der Waals surface area (Å²) < 4.78 is 0. The van der Waals surface area contributed by atoms with Gasteiger partial charge in [-0.3, -0.25) is 0 Å². The van der Waals surface area contributed by atoms with E-state index in [0.29, 0.717) is 0 Å². The van der Waals surface area contributed by atoms with E-state index in [0.717, 1.165) is 18.0 Å². The van der Waals surface area contributed by atoms with Crippen LogP contribution in [0.2, 0.25) is 0 Å². The highest BCUT2D eigenvalue weighted by Gasteiger charge is 2.23. The molecule has 1 heterocycles. The van der Waals surface area contributed by atoms with Gasteiger partial charge in [-0.2, -0.15) is 0 Å². The molecule has 1 aromatic heterocycles. The molecule has 72 valence electrons. The number of hydrogen-bond acceptors (Lipinski definition) is 3. The minimum absolute atomic E-state index is 0.144. The largest absolute Gasteiger partial charge is 0.323 e. The highest BCUT2D eigenvalue weighted by Crippen LogP contribution is 2.38. The molecular formula is C10H16N2S. The van der Waals surface area contributed by atoms with Crippen LogP contribution in [0.4, 0.5) is 0 Å². The third-order valence-electron chi connectivity index (χ3n) is 2.81. The van der Waals surface area contributed by atoms with Crippen molar-refractivity contribution in [1.82, 2.24) is 4.98 Å². The molecule has 0 spiro atoms. The van der Waals surface area contributed by atoms with E-state index in [9.17, 15) is 0 Å². The molecule has 0 saturated heterocycles. The number of rotatable bonds is 3. The molecule has 3 heteroatoms. The monoisotopic (exact) mass is 196 g/mol. The second-order valence-electron chi connectivity index (χ2n) is 3.75. The van der Waals surface area contributed by atoms with E-state index in [1.54, 1.807) is 11.3 Å². The fourth-order valence-corrected chi connectivity index (χ4v) is 2.58. The maximum atomic E-state index is 5.91. The van der Waals surface area contributed by atoms with Crippen molar-refractivity contribution in [3.8, 4) is 0 Å². The first-order valence-corrected chi connectivity index (χ1v) is 5.90. The minimum Gasteiger partial charge on any atom is -0.323 e. The number of hydrogen-bond donors (Lipinski definition) is 1. The predicted molar refractivity (Wildman–Crippen MR) is 55.9 cm³/mol. The Balaban J connectivity index is 2.08. The summed E-state index contributed by atoms with van der Waals surface area (Å²) >= 11 is 1.79. The lowest BCUT2D eigenvalue weighted by Gasteiger charge is -2.22. The fourth-order valence-electron chi connectivity index (χ4n) is 1.52. The Labute approximate surface area is 83.2 Å². The van der Waals surface area contributed by atoms with Crippen molar-refractivity contribution in [3.63, 3.8) is 0 Å². The van der Waals surface area contributed by atoms with Gasteiger partial charge in [0.25, 0.3) is 0 Å². The molecule has 1 aliphatic rings. The summed E-state index contributed by atoms with van der Waals surface area (Å²) in [4.78, 5) is 4.60. The van der Waals surface area contributed by atoms with E-state index in [-0.39, 0.29) is 6.04 Å². The van der Waals surface area contributed by atoms with Gasteiger partial charge in [-0.15, -0.1) is 11.3 Å². The van der Waals surface area contributed by atoms with E-state index in [4.69, 9.17) is 5.73 Å². The molecule has 2 nitrogen and oxygen atoms in total. The van der Waals surface area contributed by atoms with Gasteiger partial charge in [0.1, 0.15) is 0 Å². The molecule has 1 saturated carbocycles. The SMILES string of the molecule is CCC(N)c1csc(C2CCC2)n1. The number of nitrogens with two attached hydrogens (primary N) is 1. The van der Waals surface area contributed by atoms with E-state index in [1.807, 2.05) is 0 Å². The first-order chi connectivity index (χ1) is 6.31. The summed E-state index contributed by atoms with van der Waals surface area (Å²) in [6, 6.07) is 0.144. The Morgan fingerprint density at radius 3 is 3.00 bits per heavy atom. The Bertz CT molecular complexity index is 259. The van der Waals surface area contributed by atoms with Gasteiger partial charge >= 0.3 is 0 Å². The van der Waals surface area contributed by atoms with Gasteiger partial charge in [0.2, 0.25) is 0 Å². The Hall–Kier alpha value is -0.410. The molecule has 1 aliphatic carbocycles.